The number of aryl methyl sites for hydroxylation is 1. The summed E-state index contributed by atoms with van der Waals surface area (Å²) in [6.45, 7) is 3.88. The van der Waals surface area contributed by atoms with Gasteiger partial charge in [0.1, 0.15) is 0 Å². The fourth-order valence-electron chi connectivity index (χ4n) is 3.08. The molecule has 0 aliphatic rings. The molecule has 0 amide bonds. The van der Waals surface area contributed by atoms with Crippen molar-refractivity contribution in [3.8, 4) is 5.69 Å². The van der Waals surface area contributed by atoms with Crippen LogP contribution in [0.4, 0.5) is 5.69 Å². The molecule has 0 bridgehead atoms. The second-order valence-corrected chi connectivity index (χ2v) is 8.76. The Morgan fingerprint density at radius 1 is 1.03 bits per heavy atom. The average Bonchev–Trinajstić information content (AvgIpc) is 3.20. The quantitative estimate of drug-likeness (QED) is 0.286. The minimum absolute atomic E-state index is 0.152. The van der Waals surface area contributed by atoms with Crippen LogP contribution in [0.5, 0.6) is 0 Å². The van der Waals surface area contributed by atoms with Gasteiger partial charge in [0.2, 0.25) is 4.80 Å². The third-order valence-corrected chi connectivity index (χ3v) is 6.72. The van der Waals surface area contributed by atoms with Crippen molar-refractivity contribution < 1.29 is 0 Å². The molecule has 4 aromatic rings. The summed E-state index contributed by atoms with van der Waals surface area (Å²) in [5, 5.41) is 6.61. The maximum absolute atomic E-state index is 13.2. The maximum Gasteiger partial charge on any atom is 0.297 e. The first-order valence-electron chi connectivity index (χ1n) is 9.32. The lowest BCUT2D eigenvalue weighted by molar-refractivity contribution is 0.630. The number of nitrogens with zero attached hydrogens (tertiary/aromatic N) is 5. The zero-order chi connectivity index (χ0) is 21.3. The van der Waals surface area contributed by atoms with Crippen molar-refractivity contribution in [2.24, 2.45) is 17.1 Å². The lowest BCUT2D eigenvalue weighted by Crippen LogP contribution is -2.19. The molecule has 8 heteroatoms. The first-order chi connectivity index (χ1) is 14.5. The molecule has 152 valence electrons. The molecule has 0 saturated carbocycles. The van der Waals surface area contributed by atoms with Crippen LogP contribution in [-0.2, 0) is 7.05 Å². The fourth-order valence-corrected chi connectivity index (χ4v) is 4.42. The van der Waals surface area contributed by atoms with Crippen molar-refractivity contribution in [3.63, 3.8) is 0 Å². The molecule has 0 fully saturated rings. The van der Waals surface area contributed by atoms with Gasteiger partial charge in [-0.25, -0.2) is 14.4 Å². The predicted octanol–water partition coefficient (Wildman–Crippen LogP) is 4.38. The SMILES string of the molecule is Cc1csc(=Nc2c(C)n(C)n(-c3ccccc3)c2=O)n1N=Cc1ccccc1I. The van der Waals surface area contributed by atoms with Crippen molar-refractivity contribution in [1.82, 2.24) is 14.0 Å². The van der Waals surface area contributed by atoms with Gasteiger partial charge >= 0.3 is 0 Å². The molecular weight excluding hydrogens is 509 g/mol. The lowest BCUT2D eigenvalue weighted by atomic mass is 10.2. The second kappa shape index (κ2) is 8.57. The van der Waals surface area contributed by atoms with E-state index in [0.717, 1.165) is 26.2 Å². The van der Waals surface area contributed by atoms with Crippen molar-refractivity contribution in [2.45, 2.75) is 13.8 Å². The number of halogens is 1. The van der Waals surface area contributed by atoms with Crippen LogP contribution in [0.25, 0.3) is 5.69 Å². The summed E-state index contributed by atoms with van der Waals surface area (Å²) in [7, 11) is 1.87. The van der Waals surface area contributed by atoms with Crippen LogP contribution < -0.4 is 10.4 Å². The summed E-state index contributed by atoms with van der Waals surface area (Å²) < 4.78 is 6.35. The molecule has 0 saturated heterocycles. The first-order valence-corrected chi connectivity index (χ1v) is 11.3. The monoisotopic (exact) mass is 529 g/mol. The van der Waals surface area contributed by atoms with Gasteiger partial charge in [-0.05, 0) is 54.6 Å². The number of hydrogen-bond donors (Lipinski definition) is 0. The van der Waals surface area contributed by atoms with E-state index in [1.807, 2.05) is 91.8 Å². The summed E-state index contributed by atoms with van der Waals surface area (Å²) in [5.74, 6) is 0. The van der Waals surface area contributed by atoms with Gasteiger partial charge in [0.25, 0.3) is 5.56 Å². The summed E-state index contributed by atoms with van der Waals surface area (Å²) in [6.07, 6.45) is 1.82. The Balaban J connectivity index is 1.83. The van der Waals surface area contributed by atoms with E-state index < -0.39 is 0 Å². The van der Waals surface area contributed by atoms with Crippen molar-refractivity contribution >= 4 is 45.8 Å². The van der Waals surface area contributed by atoms with Crippen molar-refractivity contribution in [2.75, 3.05) is 0 Å². The van der Waals surface area contributed by atoms with Gasteiger partial charge in [-0.1, -0.05) is 36.4 Å². The fraction of sp³-hybridized carbons (Fsp3) is 0.136. The van der Waals surface area contributed by atoms with Gasteiger partial charge in [-0.15, -0.1) is 11.3 Å². The Labute approximate surface area is 191 Å². The molecule has 0 radical (unpaired) electrons. The standard InChI is InChI=1S/C22H20IN5OS/c1-15-14-30-22(27(15)24-13-17-9-7-8-12-19(17)23)25-20-16(2)26(3)28(21(20)29)18-10-5-4-6-11-18/h4-14H,1-3H3. The summed E-state index contributed by atoms with van der Waals surface area (Å²) in [6, 6.07) is 17.6. The Morgan fingerprint density at radius 2 is 1.73 bits per heavy atom. The van der Waals surface area contributed by atoms with Crippen LogP contribution in [0.15, 0.2) is 74.9 Å². The third kappa shape index (κ3) is 3.84. The van der Waals surface area contributed by atoms with Gasteiger partial charge < -0.3 is 0 Å². The van der Waals surface area contributed by atoms with E-state index in [1.54, 1.807) is 9.36 Å². The van der Waals surface area contributed by atoms with Gasteiger partial charge in [0.15, 0.2) is 5.69 Å². The van der Waals surface area contributed by atoms with E-state index in [0.29, 0.717) is 10.5 Å². The zero-order valence-corrected chi connectivity index (χ0v) is 19.8. The number of hydrogen-bond acceptors (Lipinski definition) is 4. The van der Waals surface area contributed by atoms with E-state index in [9.17, 15) is 4.79 Å². The highest BCUT2D eigenvalue weighted by Gasteiger charge is 2.16. The molecule has 2 aromatic heterocycles. The molecule has 0 unspecified atom stereocenters. The largest absolute Gasteiger partial charge is 0.297 e. The Kier molecular flexibility index (Phi) is 5.87. The van der Waals surface area contributed by atoms with Crippen LogP contribution in [0.3, 0.4) is 0 Å². The van der Waals surface area contributed by atoms with E-state index >= 15 is 0 Å². The Bertz CT molecular complexity index is 1360. The molecule has 30 heavy (non-hydrogen) atoms. The van der Waals surface area contributed by atoms with E-state index in [-0.39, 0.29) is 5.56 Å². The highest BCUT2D eigenvalue weighted by atomic mass is 127. The molecule has 0 N–H and O–H groups in total. The average molecular weight is 529 g/mol. The first kappa shape index (κ1) is 20.5. The smallest absolute Gasteiger partial charge is 0.283 e. The molecule has 0 atom stereocenters. The molecule has 0 aliphatic heterocycles. The minimum Gasteiger partial charge on any atom is -0.283 e. The third-order valence-electron chi connectivity index (χ3n) is 4.80. The molecule has 6 nitrogen and oxygen atoms in total. The molecule has 2 aromatic carbocycles. The van der Waals surface area contributed by atoms with Gasteiger partial charge in [-0.3, -0.25) is 9.48 Å². The maximum atomic E-state index is 13.2. The Hall–Kier alpha value is -2.72. The van der Waals surface area contributed by atoms with Crippen LogP contribution in [0.1, 0.15) is 17.0 Å². The number of para-hydroxylation sites is 1. The van der Waals surface area contributed by atoms with Gasteiger partial charge in [-0.2, -0.15) is 5.10 Å². The second-order valence-electron chi connectivity index (χ2n) is 6.76. The summed E-state index contributed by atoms with van der Waals surface area (Å²) in [5.41, 5.74) is 3.86. The van der Waals surface area contributed by atoms with E-state index in [1.165, 1.54) is 11.3 Å². The molecule has 2 heterocycles. The number of benzene rings is 2. The van der Waals surface area contributed by atoms with Crippen LogP contribution in [-0.4, -0.2) is 20.3 Å². The van der Waals surface area contributed by atoms with E-state index in [4.69, 9.17) is 4.99 Å². The molecular formula is C22H20IN5OS. The number of thiazole rings is 1. The van der Waals surface area contributed by atoms with Crippen LogP contribution in [0.2, 0.25) is 0 Å². The van der Waals surface area contributed by atoms with E-state index in [2.05, 4.69) is 27.7 Å². The topological polar surface area (TPSA) is 56.6 Å². The normalized spacial score (nSPS) is 12.2. The Morgan fingerprint density at radius 3 is 2.47 bits per heavy atom. The molecule has 0 aliphatic carbocycles. The van der Waals surface area contributed by atoms with Gasteiger partial charge in [0, 0.05) is 21.6 Å². The number of aromatic nitrogens is 3. The summed E-state index contributed by atoms with van der Waals surface area (Å²) in [4.78, 5) is 18.5. The highest BCUT2D eigenvalue weighted by Crippen LogP contribution is 2.16. The lowest BCUT2D eigenvalue weighted by Gasteiger charge is -2.07. The van der Waals surface area contributed by atoms with Crippen molar-refractivity contribution in [1.29, 1.82) is 0 Å². The van der Waals surface area contributed by atoms with Crippen LogP contribution in [0, 0.1) is 17.4 Å². The number of rotatable bonds is 4. The molecule has 0 spiro atoms. The zero-order valence-electron chi connectivity index (χ0n) is 16.8. The minimum atomic E-state index is -0.152. The molecule has 4 rings (SSSR count). The van der Waals surface area contributed by atoms with Crippen LogP contribution >= 0.6 is 33.9 Å². The van der Waals surface area contributed by atoms with Crippen molar-refractivity contribution in [3.05, 3.63) is 95.7 Å². The highest BCUT2D eigenvalue weighted by molar-refractivity contribution is 14.1. The predicted molar refractivity (Wildman–Crippen MR) is 130 cm³/mol. The summed E-state index contributed by atoms with van der Waals surface area (Å²) >= 11 is 3.75. The van der Waals surface area contributed by atoms with Gasteiger partial charge in [0.05, 0.1) is 23.3 Å².